The van der Waals surface area contributed by atoms with E-state index in [4.69, 9.17) is 0 Å². The normalized spacial score (nSPS) is 28.1. The van der Waals surface area contributed by atoms with Crippen LogP contribution in [0.5, 0.6) is 0 Å². The van der Waals surface area contributed by atoms with Gasteiger partial charge in [0.05, 0.1) is 0 Å². The Bertz CT molecular complexity index is 175. The number of nitrogens with one attached hydrogen (secondary N) is 1. The first-order valence-electron chi connectivity index (χ1n) is 4.79. The Morgan fingerprint density at radius 2 is 2.08 bits per heavy atom. The predicted molar refractivity (Wildman–Crippen MR) is 49.9 cm³/mol. The van der Waals surface area contributed by atoms with Crippen molar-refractivity contribution in [2.75, 3.05) is 0 Å². The lowest BCUT2D eigenvalue weighted by Crippen LogP contribution is -2.45. The molecule has 70 valence electrons. The van der Waals surface area contributed by atoms with E-state index >= 15 is 0 Å². The molecule has 12 heavy (non-hydrogen) atoms. The third-order valence-electron chi connectivity index (χ3n) is 2.88. The molecule has 1 atom stereocenters. The fourth-order valence-electron chi connectivity index (χ4n) is 2.01. The van der Waals surface area contributed by atoms with E-state index in [2.05, 4.69) is 19.2 Å². The molecule has 1 rings (SSSR count). The van der Waals surface area contributed by atoms with Gasteiger partial charge in [0.15, 0.2) is 0 Å². The average molecular weight is 169 g/mol. The van der Waals surface area contributed by atoms with Crippen LogP contribution >= 0.6 is 0 Å². The average Bonchev–Trinajstić information content (AvgIpc) is 1.92. The van der Waals surface area contributed by atoms with Gasteiger partial charge in [-0.25, -0.2) is 0 Å². The number of hydrogen-bond donors (Lipinski definition) is 1. The Balaban J connectivity index is 2.54. The van der Waals surface area contributed by atoms with Gasteiger partial charge in [-0.05, 0) is 18.3 Å². The molecule has 0 radical (unpaired) electrons. The van der Waals surface area contributed by atoms with Gasteiger partial charge in [-0.1, -0.05) is 26.7 Å². The van der Waals surface area contributed by atoms with Gasteiger partial charge in [0, 0.05) is 13.0 Å². The molecular weight excluding hydrogens is 150 g/mol. The zero-order valence-electron chi connectivity index (χ0n) is 8.31. The Morgan fingerprint density at radius 1 is 1.42 bits per heavy atom. The maximum Gasteiger partial charge on any atom is 0.217 e. The van der Waals surface area contributed by atoms with Crippen LogP contribution in [-0.4, -0.2) is 11.9 Å². The standard InChI is InChI=1S/C10H19NO/c1-8(12)11-9-6-4-5-7-10(9,2)3/h9H,4-7H2,1-3H3,(H,11,12). The van der Waals surface area contributed by atoms with Gasteiger partial charge in [-0.15, -0.1) is 0 Å². The van der Waals surface area contributed by atoms with Gasteiger partial charge in [0.2, 0.25) is 5.91 Å². The second-order valence-electron chi connectivity index (χ2n) is 4.49. The summed E-state index contributed by atoms with van der Waals surface area (Å²) in [4.78, 5) is 10.9. The van der Waals surface area contributed by atoms with E-state index in [1.54, 1.807) is 6.92 Å². The molecule has 1 aliphatic carbocycles. The fraction of sp³-hybridized carbons (Fsp3) is 0.900. The van der Waals surface area contributed by atoms with E-state index in [9.17, 15) is 4.79 Å². The Kier molecular flexibility index (Phi) is 2.76. The molecule has 0 aliphatic heterocycles. The molecule has 0 aromatic rings. The van der Waals surface area contributed by atoms with Gasteiger partial charge in [0.25, 0.3) is 0 Å². The highest BCUT2D eigenvalue weighted by Crippen LogP contribution is 2.35. The third-order valence-corrected chi connectivity index (χ3v) is 2.88. The highest BCUT2D eigenvalue weighted by Gasteiger charge is 2.32. The van der Waals surface area contributed by atoms with Crippen molar-refractivity contribution in [2.45, 2.75) is 52.5 Å². The van der Waals surface area contributed by atoms with Crippen LogP contribution in [0.3, 0.4) is 0 Å². The first-order valence-corrected chi connectivity index (χ1v) is 4.79. The van der Waals surface area contributed by atoms with Crippen molar-refractivity contribution >= 4 is 5.91 Å². The molecule has 0 aromatic heterocycles. The molecule has 1 unspecified atom stereocenters. The first-order chi connectivity index (χ1) is 5.52. The molecule has 0 spiro atoms. The van der Waals surface area contributed by atoms with Gasteiger partial charge in [-0.2, -0.15) is 0 Å². The number of carbonyl (C=O) groups is 1. The second-order valence-corrected chi connectivity index (χ2v) is 4.49. The van der Waals surface area contributed by atoms with Crippen LogP contribution in [-0.2, 0) is 4.79 Å². The maximum atomic E-state index is 10.9. The van der Waals surface area contributed by atoms with E-state index in [1.165, 1.54) is 19.3 Å². The van der Waals surface area contributed by atoms with Crippen LogP contribution in [0.15, 0.2) is 0 Å². The summed E-state index contributed by atoms with van der Waals surface area (Å²) < 4.78 is 0. The van der Waals surface area contributed by atoms with Crippen molar-refractivity contribution in [3.8, 4) is 0 Å². The summed E-state index contributed by atoms with van der Waals surface area (Å²) in [5.41, 5.74) is 0.296. The van der Waals surface area contributed by atoms with Crippen LogP contribution in [0.25, 0.3) is 0 Å². The highest BCUT2D eigenvalue weighted by molar-refractivity contribution is 5.73. The topological polar surface area (TPSA) is 29.1 Å². The van der Waals surface area contributed by atoms with Crippen LogP contribution in [0.2, 0.25) is 0 Å². The number of rotatable bonds is 1. The van der Waals surface area contributed by atoms with E-state index in [0.717, 1.165) is 6.42 Å². The van der Waals surface area contributed by atoms with E-state index in [0.29, 0.717) is 11.5 Å². The molecule has 0 saturated heterocycles. The van der Waals surface area contributed by atoms with Crippen molar-refractivity contribution in [1.29, 1.82) is 0 Å². The molecule has 1 fully saturated rings. The fourth-order valence-corrected chi connectivity index (χ4v) is 2.01. The van der Waals surface area contributed by atoms with Crippen molar-refractivity contribution < 1.29 is 4.79 Å². The van der Waals surface area contributed by atoms with Gasteiger partial charge in [0.1, 0.15) is 0 Å². The van der Waals surface area contributed by atoms with E-state index < -0.39 is 0 Å². The minimum absolute atomic E-state index is 0.106. The Hall–Kier alpha value is -0.530. The zero-order valence-corrected chi connectivity index (χ0v) is 8.31. The molecule has 2 nitrogen and oxygen atoms in total. The summed E-state index contributed by atoms with van der Waals surface area (Å²) in [6, 6.07) is 0.392. The molecule has 1 aliphatic rings. The summed E-state index contributed by atoms with van der Waals surface area (Å²) in [6.07, 6.45) is 4.95. The molecule has 1 amide bonds. The number of amides is 1. The Morgan fingerprint density at radius 3 is 2.58 bits per heavy atom. The van der Waals surface area contributed by atoms with Crippen LogP contribution in [0.1, 0.15) is 46.5 Å². The summed E-state index contributed by atoms with van der Waals surface area (Å²) in [5.74, 6) is 0.106. The maximum absolute atomic E-state index is 10.9. The lowest BCUT2D eigenvalue weighted by molar-refractivity contribution is -0.120. The van der Waals surface area contributed by atoms with Gasteiger partial charge in [-0.3, -0.25) is 4.79 Å². The van der Waals surface area contributed by atoms with Gasteiger partial charge >= 0.3 is 0 Å². The molecule has 0 bridgehead atoms. The summed E-state index contributed by atoms with van der Waals surface area (Å²) >= 11 is 0. The van der Waals surface area contributed by atoms with E-state index in [-0.39, 0.29) is 5.91 Å². The number of hydrogen-bond acceptors (Lipinski definition) is 1. The minimum Gasteiger partial charge on any atom is -0.353 e. The van der Waals surface area contributed by atoms with Crippen molar-refractivity contribution in [2.24, 2.45) is 5.41 Å². The molecule has 2 heteroatoms. The monoisotopic (exact) mass is 169 g/mol. The lowest BCUT2D eigenvalue weighted by atomic mass is 9.73. The predicted octanol–water partition coefficient (Wildman–Crippen LogP) is 2.09. The highest BCUT2D eigenvalue weighted by atomic mass is 16.1. The number of carbonyl (C=O) groups excluding carboxylic acids is 1. The second kappa shape index (κ2) is 3.46. The molecule has 1 saturated carbocycles. The smallest absolute Gasteiger partial charge is 0.217 e. The molecule has 0 heterocycles. The SMILES string of the molecule is CC(=O)NC1CCCCC1(C)C. The van der Waals surface area contributed by atoms with Crippen molar-refractivity contribution in [3.05, 3.63) is 0 Å². The van der Waals surface area contributed by atoms with Crippen molar-refractivity contribution in [3.63, 3.8) is 0 Å². The quantitative estimate of drug-likeness (QED) is 0.640. The summed E-state index contributed by atoms with van der Waals surface area (Å²) in [6.45, 7) is 6.09. The lowest BCUT2D eigenvalue weighted by Gasteiger charge is -2.38. The molecule has 0 aromatic carbocycles. The largest absolute Gasteiger partial charge is 0.353 e. The summed E-state index contributed by atoms with van der Waals surface area (Å²) in [5, 5.41) is 3.03. The zero-order chi connectivity index (χ0) is 9.19. The van der Waals surface area contributed by atoms with E-state index in [1.807, 2.05) is 0 Å². The molecular formula is C10H19NO. The van der Waals surface area contributed by atoms with Crippen LogP contribution in [0.4, 0.5) is 0 Å². The minimum atomic E-state index is 0.106. The van der Waals surface area contributed by atoms with Crippen LogP contribution in [0, 0.1) is 5.41 Å². The van der Waals surface area contributed by atoms with Crippen LogP contribution < -0.4 is 5.32 Å². The third kappa shape index (κ3) is 2.23. The van der Waals surface area contributed by atoms with Gasteiger partial charge < -0.3 is 5.32 Å². The summed E-state index contributed by atoms with van der Waals surface area (Å²) in [7, 11) is 0. The van der Waals surface area contributed by atoms with Crippen molar-refractivity contribution in [1.82, 2.24) is 5.32 Å². The Labute approximate surface area is 74.7 Å². The first kappa shape index (κ1) is 9.56. The molecule has 1 N–H and O–H groups in total.